The van der Waals surface area contributed by atoms with Crippen LogP contribution < -0.4 is 9.80 Å². The normalized spacial score (nSPS) is 17.0. The van der Waals surface area contributed by atoms with Crippen LogP contribution in [0, 0.1) is 6.92 Å². The Bertz CT molecular complexity index is 1070. The predicted molar refractivity (Wildman–Crippen MR) is 116 cm³/mol. The number of aryl methyl sites for hydroxylation is 1. The summed E-state index contributed by atoms with van der Waals surface area (Å²) in [5, 5.41) is 2.99. The van der Waals surface area contributed by atoms with Gasteiger partial charge < -0.3 is 4.90 Å². The van der Waals surface area contributed by atoms with Gasteiger partial charge in [-0.1, -0.05) is 41.9 Å². The quantitative estimate of drug-likeness (QED) is 0.655. The third kappa shape index (κ3) is 2.84. The third-order valence-electron chi connectivity index (χ3n) is 5.87. The molecule has 0 spiro atoms. The van der Waals surface area contributed by atoms with Gasteiger partial charge in [-0.05, 0) is 42.1 Å². The van der Waals surface area contributed by atoms with Gasteiger partial charge in [0.05, 0.1) is 12.4 Å². The molecule has 5 heteroatoms. The Morgan fingerprint density at radius 2 is 1.68 bits per heavy atom. The second-order valence-corrected chi connectivity index (χ2v) is 8.03. The van der Waals surface area contributed by atoms with Crippen molar-refractivity contribution in [1.29, 1.82) is 0 Å². The molecule has 0 bridgehead atoms. The average Bonchev–Trinajstić information content (AvgIpc) is 2.99. The second-order valence-electron chi connectivity index (χ2n) is 7.59. The Labute approximate surface area is 169 Å². The topological polar surface area (TPSA) is 26.8 Å². The molecule has 1 fully saturated rings. The second kappa shape index (κ2) is 6.80. The zero-order chi connectivity index (χ0) is 19.3. The lowest BCUT2D eigenvalue weighted by molar-refractivity contribution is 0.0972. The van der Waals surface area contributed by atoms with Crippen LogP contribution in [0.15, 0.2) is 54.6 Å². The van der Waals surface area contributed by atoms with Crippen molar-refractivity contribution in [2.75, 3.05) is 42.6 Å². The van der Waals surface area contributed by atoms with E-state index in [4.69, 9.17) is 11.6 Å². The first-order valence-corrected chi connectivity index (χ1v) is 10.1. The van der Waals surface area contributed by atoms with Gasteiger partial charge in [0.25, 0.3) is 5.91 Å². The fraction of sp³-hybridized carbons (Fsp3) is 0.261. The molecule has 0 unspecified atom stereocenters. The number of carbonyl (C=O) groups is 1. The molecule has 1 amide bonds. The molecule has 0 atom stereocenters. The number of piperazine rings is 1. The van der Waals surface area contributed by atoms with Crippen LogP contribution in [0.4, 0.5) is 11.4 Å². The van der Waals surface area contributed by atoms with Crippen molar-refractivity contribution in [2.24, 2.45) is 0 Å². The highest BCUT2D eigenvalue weighted by Gasteiger charge is 2.31. The van der Waals surface area contributed by atoms with Crippen molar-refractivity contribution < 1.29 is 4.79 Å². The van der Waals surface area contributed by atoms with E-state index >= 15 is 0 Å². The van der Waals surface area contributed by atoms with E-state index in [0.717, 1.165) is 53.2 Å². The summed E-state index contributed by atoms with van der Waals surface area (Å²) in [4.78, 5) is 19.7. The monoisotopic (exact) mass is 391 g/mol. The molecule has 0 saturated carbocycles. The fourth-order valence-corrected chi connectivity index (χ4v) is 4.54. The highest BCUT2D eigenvalue weighted by atomic mass is 35.5. The van der Waals surface area contributed by atoms with Crippen LogP contribution in [-0.4, -0.2) is 43.7 Å². The Hall–Kier alpha value is -2.56. The number of anilines is 2. The number of rotatable bonds is 3. The van der Waals surface area contributed by atoms with Crippen molar-refractivity contribution >= 4 is 39.7 Å². The van der Waals surface area contributed by atoms with Crippen molar-refractivity contribution in [3.05, 3.63) is 70.7 Å². The summed E-state index contributed by atoms with van der Waals surface area (Å²) in [6.45, 7) is 6.46. The van der Waals surface area contributed by atoms with Crippen LogP contribution in [0.5, 0.6) is 0 Å². The average molecular weight is 392 g/mol. The molecule has 4 nitrogen and oxygen atoms in total. The van der Waals surface area contributed by atoms with Crippen molar-refractivity contribution in [1.82, 2.24) is 4.90 Å². The van der Waals surface area contributed by atoms with Crippen LogP contribution in [0.2, 0.25) is 5.02 Å². The molecule has 3 aromatic rings. The Kier molecular flexibility index (Phi) is 4.26. The molecule has 0 aromatic heterocycles. The Morgan fingerprint density at radius 3 is 2.46 bits per heavy atom. The van der Waals surface area contributed by atoms with E-state index in [1.807, 2.05) is 35.2 Å². The lowest BCUT2D eigenvalue weighted by Gasteiger charge is -2.38. The minimum Gasteiger partial charge on any atom is -0.369 e. The molecule has 2 aliphatic heterocycles. The number of carbonyl (C=O) groups excluding carboxylic acids is 1. The van der Waals surface area contributed by atoms with Crippen LogP contribution >= 0.6 is 11.6 Å². The van der Waals surface area contributed by atoms with E-state index in [0.29, 0.717) is 6.67 Å². The zero-order valence-corrected chi connectivity index (χ0v) is 16.6. The van der Waals surface area contributed by atoms with E-state index in [1.165, 1.54) is 11.3 Å². The molecule has 142 valence electrons. The molecule has 2 heterocycles. The highest BCUT2D eigenvalue weighted by Crippen LogP contribution is 2.37. The molecule has 1 saturated heterocycles. The summed E-state index contributed by atoms with van der Waals surface area (Å²) in [5.74, 6) is 0.111. The zero-order valence-electron chi connectivity index (χ0n) is 15.9. The van der Waals surface area contributed by atoms with E-state index < -0.39 is 0 Å². The smallest absolute Gasteiger partial charge is 0.260 e. The summed E-state index contributed by atoms with van der Waals surface area (Å²) < 4.78 is 0. The third-order valence-corrected chi connectivity index (χ3v) is 6.11. The summed E-state index contributed by atoms with van der Waals surface area (Å²) in [6, 6.07) is 18.2. The number of benzene rings is 3. The van der Waals surface area contributed by atoms with Gasteiger partial charge in [0, 0.05) is 47.8 Å². The lowest BCUT2D eigenvalue weighted by atomic mass is 10.1. The Balaban J connectivity index is 1.32. The maximum atomic E-state index is 13.0. The molecule has 0 aliphatic carbocycles. The molecule has 0 N–H and O–H groups in total. The van der Waals surface area contributed by atoms with Gasteiger partial charge in [-0.25, -0.2) is 0 Å². The molecular weight excluding hydrogens is 370 g/mol. The molecule has 28 heavy (non-hydrogen) atoms. The molecule has 0 radical (unpaired) electrons. The molecule has 2 aliphatic rings. The number of hydrogen-bond donors (Lipinski definition) is 0. The first-order valence-electron chi connectivity index (χ1n) is 9.69. The molecule has 5 rings (SSSR count). The first kappa shape index (κ1) is 17.5. The minimum absolute atomic E-state index is 0.111. The number of nitrogens with zero attached hydrogens (tertiary/aromatic N) is 3. The summed E-state index contributed by atoms with van der Waals surface area (Å²) in [5.41, 5.74) is 4.31. The van der Waals surface area contributed by atoms with Crippen molar-refractivity contribution in [3.63, 3.8) is 0 Å². The highest BCUT2D eigenvalue weighted by molar-refractivity contribution is 6.30. The largest absolute Gasteiger partial charge is 0.369 e. The van der Waals surface area contributed by atoms with Gasteiger partial charge in [-0.3, -0.25) is 14.6 Å². The van der Waals surface area contributed by atoms with Crippen LogP contribution in [0.1, 0.15) is 15.9 Å². The molecule has 3 aromatic carbocycles. The van der Waals surface area contributed by atoms with Gasteiger partial charge in [0.15, 0.2) is 0 Å². The van der Waals surface area contributed by atoms with Gasteiger partial charge in [-0.2, -0.15) is 0 Å². The number of hydrogen-bond acceptors (Lipinski definition) is 3. The van der Waals surface area contributed by atoms with Crippen LogP contribution in [0.25, 0.3) is 10.8 Å². The maximum absolute atomic E-state index is 13.0. The number of amides is 1. The first-order chi connectivity index (χ1) is 13.6. The summed E-state index contributed by atoms with van der Waals surface area (Å²) in [7, 11) is 0. The van der Waals surface area contributed by atoms with E-state index in [2.05, 4.69) is 41.0 Å². The molecular formula is C23H22ClN3O. The maximum Gasteiger partial charge on any atom is 0.260 e. The van der Waals surface area contributed by atoms with Crippen LogP contribution in [-0.2, 0) is 0 Å². The number of halogens is 1. The Morgan fingerprint density at radius 1 is 0.929 bits per heavy atom. The van der Waals surface area contributed by atoms with Gasteiger partial charge >= 0.3 is 0 Å². The van der Waals surface area contributed by atoms with Crippen molar-refractivity contribution in [2.45, 2.75) is 6.92 Å². The SMILES string of the molecule is Cc1ccc(Cl)cc1N1CCN(CN2C(=O)c3cccc4cccc2c34)CC1. The minimum atomic E-state index is 0.111. The summed E-state index contributed by atoms with van der Waals surface area (Å²) >= 11 is 6.20. The van der Waals surface area contributed by atoms with Crippen LogP contribution in [0.3, 0.4) is 0 Å². The standard InChI is InChI=1S/C23H22ClN3O/c1-16-8-9-18(24)14-21(16)26-12-10-25(11-13-26)15-27-20-7-3-5-17-4-2-6-19(22(17)20)23(27)28/h2-9,14H,10-13,15H2,1H3. The van der Waals surface area contributed by atoms with E-state index in [-0.39, 0.29) is 5.91 Å². The fourth-order valence-electron chi connectivity index (χ4n) is 4.37. The van der Waals surface area contributed by atoms with Gasteiger partial charge in [0.1, 0.15) is 0 Å². The van der Waals surface area contributed by atoms with E-state index in [9.17, 15) is 4.79 Å². The van der Waals surface area contributed by atoms with E-state index in [1.54, 1.807) is 0 Å². The van der Waals surface area contributed by atoms with Gasteiger partial charge in [0.2, 0.25) is 0 Å². The van der Waals surface area contributed by atoms with Gasteiger partial charge in [-0.15, -0.1) is 0 Å². The lowest BCUT2D eigenvalue weighted by Crippen LogP contribution is -2.51. The summed E-state index contributed by atoms with van der Waals surface area (Å²) in [6.07, 6.45) is 0. The van der Waals surface area contributed by atoms with Crippen molar-refractivity contribution in [3.8, 4) is 0 Å². The predicted octanol–water partition coefficient (Wildman–Crippen LogP) is 4.54.